The van der Waals surface area contributed by atoms with Gasteiger partial charge < -0.3 is 4.90 Å². The molecule has 0 N–H and O–H groups in total. The maximum atomic E-state index is 13.0. The molecule has 0 radical (unpaired) electrons. The highest BCUT2D eigenvalue weighted by atomic mass is 16.2. The fourth-order valence-corrected chi connectivity index (χ4v) is 3.88. The first-order valence-electron chi connectivity index (χ1n) is 10.5. The van der Waals surface area contributed by atoms with Crippen molar-refractivity contribution in [3.05, 3.63) is 107 Å². The van der Waals surface area contributed by atoms with Crippen LogP contribution in [0.15, 0.2) is 84.9 Å². The predicted molar refractivity (Wildman–Crippen MR) is 119 cm³/mol. The molecular weight excluding hydrogens is 372 g/mol. The molecule has 1 heterocycles. The second kappa shape index (κ2) is 9.51. The second-order valence-electron chi connectivity index (χ2n) is 7.68. The van der Waals surface area contributed by atoms with E-state index in [0.717, 1.165) is 39.1 Å². The van der Waals surface area contributed by atoms with Crippen molar-refractivity contribution in [3.63, 3.8) is 0 Å². The lowest BCUT2D eigenvalue weighted by Gasteiger charge is -2.22. The molecule has 1 aliphatic rings. The van der Waals surface area contributed by atoms with Gasteiger partial charge in [-0.1, -0.05) is 72.8 Å². The van der Waals surface area contributed by atoms with Gasteiger partial charge in [0.15, 0.2) is 5.78 Å². The lowest BCUT2D eigenvalue weighted by molar-refractivity contribution is 0.0760. The van der Waals surface area contributed by atoms with Crippen molar-refractivity contribution < 1.29 is 9.59 Å². The Bertz CT molecular complexity index is 985. The highest BCUT2D eigenvalue weighted by Crippen LogP contribution is 2.15. The summed E-state index contributed by atoms with van der Waals surface area (Å²) in [6.45, 7) is 4.25. The maximum Gasteiger partial charge on any atom is 0.253 e. The minimum atomic E-state index is -0.0269. The number of hydrogen-bond acceptors (Lipinski definition) is 3. The fourth-order valence-electron chi connectivity index (χ4n) is 3.88. The van der Waals surface area contributed by atoms with Gasteiger partial charge in [0, 0.05) is 49.4 Å². The van der Waals surface area contributed by atoms with Gasteiger partial charge in [-0.2, -0.15) is 0 Å². The highest BCUT2D eigenvalue weighted by molar-refractivity contribution is 6.09. The lowest BCUT2D eigenvalue weighted by atomic mass is 10.0. The van der Waals surface area contributed by atoms with E-state index in [1.807, 2.05) is 29.2 Å². The van der Waals surface area contributed by atoms with E-state index in [1.165, 1.54) is 5.56 Å². The van der Waals surface area contributed by atoms with Gasteiger partial charge in [0.2, 0.25) is 0 Å². The predicted octanol–water partition coefficient (Wildman–Crippen LogP) is 4.27. The van der Waals surface area contributed by atoms with Crippen LogP contribution >= 0.6 is 0 Å². The van der Waals surface area contributed by atoms with Gasteiger partial charge in [-0.05, 0) is 24.1 Å². The molecule has 1 aliphatic heterocycles. The zero-order valence-corrected chi connectivity index (χ0v) is 17.0. The minimum absolute atomic E-state index is 0.0269. The number of hydrogen-bond donors (Lipinski definition) is 0. The van der Waals surface area contributed by atoms with Crippen LogP contribution in [0.25, 0.3) is 0 Å². The Morgan fingerprint density at radius 1 is 0.633 bits per heavy atom. The molecule has 3 aromatic carbocycles. The number of rotatable bonds is 5. The standard InChI is InChI=1S/C26H26N2O2/c29-25(22-10-5-2-6-11-22)23-12-14-24(15-13-23)26(30)28-17-7-16-27(18-19-28)20-21-8-3-1-4-9-21/h1-6,8-15H,7,16-20H2. The molecule has 0 atom stereocenters. The summed E-state index contributed by atoms with van der Waals surface area (Å²) in [5.41, 5.74) is 3.19. The molecule has 0 spiro atoms. The topological polar surface area (TPSA) is 40.6 Å². The van der Waals surface area contributed by atoms with Crippen molar-refractivity contribution >= 4 is 11.7 Å². The van der Waals surface area contributed by atoms with E-state index < -0.39 is 0 Å². The summed E-state index contributed by atoms with van der Waals surface area (Å²) in [4.78, 5) is 29.9. The smallest absolute Gasteiger partial charge is 0.253 e. The summed E-state index contributed by atoms with van der Waals surface area (Å²) in [7, 11) is 0. The average molecular weight is 399 g/mol. The average Bonchev–Trinajstić information content (AvgIpc) is 3.05. The molecule has 0 bridgehead atoms. The van der Waals surface area contributed by atoms with Gasteiger partial charge in [0.05, 0.1) is 0 Å². The second-order valence-corrected chi connectivity index (χ2v) is 7.68. The van der Waals surface area contributed by atoms with E-state index in [0.29, 0.717) is 16.7 Å². The van der Waals surface area contributed by atoms with E-state index in [-0.39, 0.29) is 11.7 Å². The van der Waals surface area contributed by atoms with Gasteiger partial charge >= 0.3 is 0 Å². The van der Waals surface area contributed by atoms with Crippen LogP contribution in [0.4, 0.5) is 0 Å². The number of benzene rings is 3. The highest BCUT2D eigenvalue weighted by Gasteiger charge is 2.20. The van der Waals surface area contributed by atoms with Gasteiger partial charge in [0.1, 0.15) is 0 Å². The van der Waals surface area contributed by atoms with E-state index in [2.05, 4.69) is 29.2 Å². The zero-order valence-electron chi connectivity index (χ0n) is 17.0. The third-order valence-electron chi connectivity index (χ3n) is 5.55. The maximum absolute atomic E-state index is 13.0. The summed E-state index contributed by atoms with van der Waals surface area (Å²) < 4.78 is 0. The molecule has 0 saturated carbocycles. The largest absolute Gasteiger partial charge is 0.337 e. The normalized spacial score (nSPS) is 14.9. The molecule has 1 saturated heterocycles. The van der Waals surface area contributed by atoms with Gasteiger partial charge in [-0.25, -0.2) is 0 Å². The Labute approximate surface area is 177 Å². The zero-order chi connectivity index (χ0) is 20.8. The number of carbonyl (C=O) groups excluding carboxylic acids is 2. The Hall–Kier alpha value is -3.24. The van der Waals surface area contributed by atoms with Crippen molar-refractivity contribution in [1.82, 2.24) is 9.80 Å². The van der Waals surface area contributed by atoms with Gasteiger partial charge in [-0.15, -0.1) is 0 Å². The molecule has 1 amide bonds. The number of ketones is 1. The molecular formula is C26H26N2O2. The molecule has 4 nitrogen and oxygen atoms in total. The number of carbonyl (C=O) groups is 2. The SMILES string of the molecule is O=C(c1ccccc1)c1ccc(C(=O)N2CCCN(Cc3ccccc3)CC2)cc1. The first kappa shape index (κ1) is 20.0. The summed E-state index contributed by atoms with van der Waals surface area (Å²) in [6.07, 6.45) is 0.961. The third-order valence-corrected chi connectivity index (χ3v) is 5.55. The van der Waals surface area contributed by atoms with E-state index in [1.54, 1.807) is 36.4 Å². The molecule has 1 fully saturated rings. The first-order chi connectivity index (χ1) is 14.7. The summed E-state index contributed by atoms with van der Waals surface area (Å²) in [5.74, 6) is 0.0104. The van der Waals surface area contributed by atoms with Crippen molar-refractivity contribution in [2.75, 3.05) is 26.2 Å². The molecule has 4 rings (SSSR count). The molecule has 0 aliphatic carbocycles. The lowest BCUT2D eigenvalue weighted by Crippen LogP contribution is -2.35. The molecule has 0 unspecified atom stereocenters. The van der Waals surface area contributed by atoms with Crippen LogP contribution in [0.1, 0.15) is 38.3 Å². The Morgan fingerprint density at radius 3 is 1.93 bits per heavy atom. The van der Waals surface area contributed by atoms with Crippen LogP contribution in [0, 0.1) is 0 Å². The van der Waals surface area contributed by atoms with Gasteiger partial charge in [0.25, 0.3) is 5.91 Å². The van der Waals surface area contributed by atoms with Crippen molar-refractivity contribution in [3.8, 4) is 0 Å². The van der Waals surface area contributed by atoms with E-state index in [4.69, 9.17) is 0 Å². The molecule has 0 aromatic heterocycles. The molecule has 4 heteroatoms. The van der Waals surface area contributed by atoms with Crippen molar-refractivity contribution in [1.29, 1.82) is 0 Å². The van der Waals surface area contributed by atoms with Crippen LogP contribution in [-0.2, 0) is 6.54 Å². The summed E-state index contributed by atoms with van der Waals surface area (Å²) >= 11 is 0. The van der Waals surface area contributed by atoms with Crippen LogP contribution in [0.2, 0.25) is 0 Å². The summed E-state index contributed by atoms with van der Waals surface area (Å²) in [5, 5.41) is 0. The number of nitrogens with zero attached hydrogens (tertiary/aromatic N) is 2. The Morgan fingerprint density at radius 2 is 1.23 bits per heavy atom. The van der Waals surface area contributed by atoms with Crippen LogP contribution in [-0.4, -0.2) is 47.7 Å². The minimum Gasteiger partial charge on any atom is -0.337 e. The van der Waals surface area contributed by atoms with Crippen LogP contribution in [0.5, 0.6) is 0 Å². The first-order valence-corrected chi connectivity index (χ1v) is 10.5. The number of amides is 1. The monoisotopic (exact) mass is 398 g/mol. The van der Waals surface area contributed by atoms with Gasteiger partial charge in [-0.3, -0.25) is 14.5 Å². The van der Waals surface area contributed by atoms with Crippen molar-refractivity contribution in [2.24, 2.45) is 0 Å². The van der Waals surface area contributed by atoms with Crippen LogP contribution in [0.3, 0.4) is 0 Å². The van der Waals surface area contributed by atoms with Crippen LogP contribution < -0.4 is 0 Å². The van der Waals surface area contributed by atoms with E-state index in [9.17, 15) is 9.59 Å². The Kier molecular flexibility index (Phi) is 6.35. The molecule has 3 aromatic rings. The van der Waals surface area contributed by atoms with E-state index >= 15 is 0 Å². The fraction of sp³-hybridized carbons (Fsp3) is 0.231. The quantitative estimate of drug-likeness (QED) is 0.603. The Balaban J connectivity index is 1.38. The summed E-state index contributed by atoms with van der Waals surface area (Å²) in [6, 6.07) is 26.7. The third kappa shape index (κ3) is 4.84. The molecule has 152 valence electrons. The van der Waals surface area contributed by atoms with Crippen molar-refractivity contribution in [2.45, 2.75) is 13.0 Å². The molecule has 30 heavy (non-hydrogen) atoms.